The van der Waals surface area contributed by atoms with Gasteiger partial charge < -0.3 is 9.47 Å². The number of aryl methyl sites for hydroxylation is 3. The van der Waals surface area contributed by atoms with Gasteiger partial charge in [0.05, 0.1) is 12.8 Å². The molecule has 2 aromatic carbocycles. The van der Waals surface area contributed by atoms with E-state index < -0.39 is 11.9 Å². The molecule has 0 heterocycles. The smallest absolute Gasteiger partial charge is 0.411 e. The van der Waals surface area contributed by atoms with Gasteiger partial charge in [-0.2, -0.15) is 0 Å². The third-order valence-corrected chi connectivity index (χ3v) is 3.70. The maximum absolute atomic E-state index is 14.1. The van der Waals surface area contributed by atoms with Crippen molar-refractivity contribution in [2.24, 2.45) is 0 Å². The van der Waals surface area contributed by atoms with Crippen molar-refractivity contribution in [1.82, 2.24) is 0 Å². The number of ether oxygens (including phenoxy) is 2. The van der Waals surface area contributed by atoms with Gasteiger partial charge in [0.15, 0.2) is 0 Å². The number of benzene rings is 2. The van der Waals surface area contributed by atoms with Gasteiger partial charge >= 0.3 is 6.09 Å². The lowest BCUT2D eigenvalue weighted by Gasteiger charge is -2.15. The second-order valence-electron chi connectivity index (χ2n) is 5.37. The molecule has 0 saturated heterocycles. The van der Waals surface area contributed by atoms with E-state index in [2.05, 4.69) is 10.1 Å². The molecule has 0 aliphatic rings. The van der Waals surface area contributed by atoms with Crippen LogP contribution in [0.1, 0.15) is 22.3 Å². The predicted octanol–water partition coefficient (Wildman–Crippen LogP) is 4.51. The van der Waals surface area contributed by atoms with Crippen molar-refractivity contribution in [2.75, 3.05) is 12.4 Å². The number of carbonyl (C=O) groups is 1. The lowest BCUT2D eigenvalue weighted by Crippen LogP contribution is -2.14. The number of methoxy groups -OCH3 is 1. The summed E-state index contributed by atoms with van der Waals surface area (Å²) < 4.78 is 24.4. The van der Waals surface area contributed by atoms with Gasteiger partial charge in [0, 0.05) is 5.56 Å². The van der Waals surface area contributed by atoms with E-state index in [-0.39, 0.29) is 12.2 Å². The number of hydrogen-bond donors (Lipinski definition) is 1. The van der Waals surface area contributed by atoms with E-state index in [1.807, 2.05) is 32.9 Å². The fourth-order valence-electron chi connectivity index (χ4n) is 2.22. The fraction of sp³-hybridized carbons (Fsp3) is 0.278. The molecule has 0 aliphatic carbocycles. The van der Waals surface area contributed by atoms with Crippen LogP contribution in [0.4, 0.5) is 14.9 Å². The first-order chi connectivity index (χ1) is 10.9. The van der Waals surface area contributed by atoms with Crippen molar-refractivity contribution >= 4 is 11.8 Å². The molecule has 0 aliphatic heterocycles. The summed E-state index contributed by atoms with van der Waals surface area (Å²) >= 11 is 0. The molecule has 1 amide bonds. The highest BCUT2D eigenvalue weighted by Gasteiger charge is 2.13. The zero-order valence-corrected chi connectivity index (χ0v) is 13.7. The molecule has 0 bridgehead atoms. The normalized spacial score (nSPS) is 10.3. The summed E-state index contributed by atoms with van der Waals surface area (Å²) in [5.41, 5.74) is 3.86. The minimum absolute atomic E-state index is 0.00927. The Labute approximate surface area is 135 Å². The second kappa shape index (κ2) is 7.13. The Morgan fingerprint density at radius 3 is 2.52 bits per heavy atom. The van der Waals surface area contributed by atoms with E-state index in [1.165, 1.54) is 24.8 Å². The van der Waals surface area contributed by atoms with Crippen LogP contribution in [-0.4, -0.2) is 13.2 Å². The van der Waals surface area contributed by atoms with E-state index in [1.54, 1.807) is 6.07 Å². The molecule has 0 aromatic heterocycles. The standard InChI is InChI=1S/C18H20FNO3/c1-11-8-13(3)17(9-12(11)2)23-10-14-15(19)6-5-7-16(14)20-18(21)22-4/h5-9H,10H2,1-4H3,(H,20,21). The molecular weight excluding hydrogens is 297 g/mol. The molecule has 0 saturated carbocycles. The van der Waals surface area contributed by atoms with Crippen molar-refractivity contribution in [1.29, 1.82) is 0 Å². The number of hydrogen-bond acceptors (Lipinski definition) is 3. The highest BCUT2D eigenvalue weighted by Crippen LogP contribution is 2.26. The first-order valence-electron chi connectivity index (χ1n) is 7.25. The summed E-state index contributed by atoms with van der Waals surface area (Å²) in [5, 5.41) is 2.49. The number of rotatable bonds is 4. The SMILES string of the molecule is COC(=O)Nc1cccc(F)c1COc1cc(C)c(C)cc1C. The maximum Gasteiger partial charge on any atom is 0.411 e. The number of nitrogens with one attached hydrogen (secondary N) is 1. The van der Waals surface area contributed by atoms with Crippen LogP contribution in [0.3, 0.4) is 0 Å². The summed E-state index contributed by atoms with van der Waals surface area (Å²) in [6.45, 7) is 5.97. The number of anilines is 1. The van der Waals surface area contributed by atoms with Crippen molar-refractivity contribution in [3.05, 3.63) is 58.4 Å². The van der Waals surface area contributed by atoms with E-state index in [4.69, 9.17) is 4.74 Å². The van der Waals surface area contributed by atoms with Crippen LogP contribution in [0, 0.1) is 26.6 Å². The summed E-state index contributed by atoms with van der Waals surface area (Å²) in [4.78, 5) is 11.4. The molecule has 0 spiro atoms. The van der Waals surface area contributed by atoms with Gasteiger partial charge in [0.2, 0.25) is 0 Å². The Bertz CT molecular complexity index is 728. The van der Waals surface area contributed by atoms with Crippen molar-refractivity contribution in [3.8, 4) is 5.75 Å². The third kappa shape index (κ3) is 4.00. The van der Waals surface area contributed by atoms with E-state index in [0.29, 0.717) is 11.4 Å². The van der Waals surface area contributed by atoms with Gasteiger partial charge in [0.1, 0.15) is 18.2 Å². The first-order valence-corrected chi connectivity index (χ1v) is 7.25. The average molecular weight is 317 g/mol. The van der Waals surface area contributed by atoms with Gasteiger partial charge in [-0.15, -0.1) is 0 Å². The topological polar surface area (TPSA) is 47.6 Å². The number of halogens is 1. The van der Waals surface area contributed by atoms with Crippen molar-refractivity contribution in [3.63, 3.8) is 0 Å². The zero-order chi connectivity index (χ0) is 17.0. The molecule has 2 aromatic rings. The Kier molecular flexibility index (Phi) is 5.21. The fourth-order valence-corrected chi connectivity index (χ4v) is 2.22. The summed E-state index contributed by atoms with van der Waals surface area (Å²) in [7, 11) is 1.25. The average Bonchev–Trinajstić information content (AvgIpc) is 2.51. The molecule has 5 heteroatoms. The summed E-state index contributed by atoms with van der Waals surface area (Å²) in [6.07, 6.45) is -0.654. The molecular formula is C18H20FNO3. The van der Waals surface area contributed by atoms with Crippen LogP contribution in [0.5, 0.6) is 5.75 Å². The number of carbonyl (C=O) groups excluding carboxylic acids is 1. The van der Waals surface area contributed by atoms with Crippen molar-refractivity contribution < 1.29 is 18.7 Å². The van der Waals surface area contributed by atoms with Gasteiger partial charge in [-0.05, 0) is 55.7 Å². The molecule has 2 rings (SSSR count). The van der Waals surface area contributed by atoms with E-state index in [0.717, 1.165) is 11.1 Å². The lowest BCUT2D eigenvalue weighted by atomic mass is 10.1. The number of amides is 1. The van der Waals surface area contributed by atoms with Crippen LogP contribution in [0.2, 0.25) is 0 Å². The molecule has 4 nitrogen and oxygen atoms in total. The Hall–Kier alpha value is -2.56. The Balaban J connectivity index is 2.23. The monoisotopic (exact) mass is 317 g/mol. The van der Waals surface area contributed by atoms with E-state index in [9.17, 15) is 9.18 Å². The van der Waals surface area contributed by atoms with Gasteiger partial charge in [-0.25, -0.2) is 9.18 Å². The highest BCUT2D eigenvalue weighted by atomic mass is 19.1. The molecule has 0 fully saturated rings. The Morgan fingerprint density at radius 1 is 1.13 bits per heavy atom. The summed E-state index contributed by atoms with van der Waals surface area (Å²) in [5.74, 6) is 0.251. The third-order valence-electron chi connectivity index (χ3n) is 3.70. The van der Waals surface area contributed by atoms with Crippen LogP contribution in [0.15, 0.2) is 30.3 Å². The molecule has 122 valence electrons. The molecule has 0 unspecified atom stereocenters. The van der Waals surface area contributed by atoms with Crippen molar-refractivity contribution in [2.45, 2.75) is 27.4 Å². The second-order valence-corrected chi connectivity index (χ2v) is 5.37. The van der Waals surface area contributed by atoms with Crippen LogP contribution < -0.4 is 10.1 Å². The molecule has 1 N–H and O–H groups in total. The highest BCUT2D eigenvalue weighted by molar-refractivity contribution is 5.85. The lowest BCUT2D eigenvalue weighted by molar-refractivity contribution is 0.187. The summed E-state index contributed by atoms with van der Waals surface area (Å²) in [6, 6.07) is 8.41. The van der Waals surface area contributed by atoms with Gasteiger partial charge in [-0.1, -0.05) is 12.1 Å². The first kappa shape index (κ1) is 16.8. The Morgan fingerprint density at radius 2 is 1.83 bits per heavy atom. The van der Waals surface area contributed by atoms with Gasteiger partial charge in [-0.3, -0.25) is 5.32 Å². The van der Waals surface area contributed by atoms with Crippen LogP contribution >= 0.6 is 0 Å². The van der Waals surface area contributed by atoms with Crippen LogP contribution in [0.25, 0.3) is 0 Å². The largest absolute Gasteiger partial charge is 0.488 e. The van der Waals surface area contributed by atoms with Gasteiger partial charge in [0.25, 0.3) is 0 Å². The maximum atomic E-state index is 14.1. The minimum Gasteiger partial charge on any atom is -0.488 e. The zero-order valence-electron chi connectivity index (χ0n) is 13.7. The molecule has 0 atom stereocenters. The van der Waals surface area contributed by atoms with Crippen LogP contribution in [-0.2, 0) is 11.3 Å². The minimum atomic E-state index is -0.654. The quantitative estimate of drug-likeness (QED) is 0.902. The van der Waals surface area contributed by atoms with E-state index >= 15 is 0 Å². The molecule has 23 heavy (non-hydrogen) atoms. The predicted molar refractivity (Wildman–Crippen MR) is 87.4 cm³/mol. The molecule has 0 radical (unpaired) electrons.